The molecular weight excluding hydrogens is 246 g/mol. The van der Waals surface area contributed by atoms with Gasteiger partial charge < -0.3 is 14.0 Å². The zero-order valence-electron chi connectivity index (χ0n) is 11.1. The number of carbonyl (C=O) groups is 1. The first kappa shape index (κ1) is 13.1. The lowest BCUT2D eigenvalue weighted by atomic mass is 10.1. The van der Waals surface area contributed by atoms with Crippen molar-refractivity contribution < 1.29 is 18.8 Å². The molecule has 2 rings (SSSR count). The van der Waals surface area contributed by atoms with E-state index in [-0.39, 0.29) is 6.61 Å². The van der Waals surface area contributed by atoms with Crippen LogP contribution in [0.25, 0.3) is 0 Å². The van der Waals surface area contributed by atoms with Crippen LogP contribution in [0, 0.1) is 13.8 Å². The van der Waals surface area contributed by atoms with Crippen LogP contribution in [0.2, 0.25) is 0 Å². The molecule has 5 nitrogen and oxygen atoms in total. The van der Waals surface area contributed by atoms with Crippen molar-refractivity contribution in [2.75, 3.05) is 7.11 Å². The topological polar surface area (TPSA) is 61.6 Å². The monoisotopic (exact) mass is 261 g/mol. The Hall–Kier alpha value is -2.30. The van der Waals surface area contributed by atoms with Crippen LogP contribution in [0.15, 0.2) is 28.8 Å². The minimum absolute atomic E-state index is 0.0896. The molecule has 1 aromatic heterocycles. The van der Waals surface area contributed by atoms with Gasteiger partial charge in [-0.25, -0.2) is 4.79 Å². The van der Waals surface area contributed by atoms with Crippen LogP contribution >= 0.6 is 0 Å². The largest absolute Gasteiger partial charge is 0.496 e. The van der Waals surface area contributed by atoms with Crippen LogP contribution in [-0.2, 0) is 11.3 Å². The van der Waals surface area contributed by atoms with E-state index in [9.17, 15) is 4.79 Å². The number of hydrogen-bond acceptors (Lipinski definition) is 5. The summed E-state index contributed by atoms with van der Waals surface area (Å²) in [4.78, 5) is 11.9. The summed E-state index contributed by atoms with van der Waals surface area (Å²) in [5.41, 5.74) is 2.00. The number of hydrogen-bond donors (Lipinski definition) is 0. The number of esters is 1. The Morgan fingerprint density at radius 2 is 2.11 bits per heavy atom. The maximum Gasteiger partial charge on any atom is 0.338 e. The number of aryl methyl sites for hydroxylation is 2. The first-order valence-electron chi connectivity index (χ1n) is 5.84. The molecule has 0 N–H and O–H groups in total. The molecule has 100 valence electrons. The van der Waals surface area contributed by atoms with Crippen LogP contribution < -0.4 is 4.74 Å². The summed E-state index contributed by atoms with van der Waals surface area (Å²) in [6.45, 7) is 3.78. The molecule has 0 aliphatic carbocycles. The molecule has 0 unspecified atom stereocenters. The lowest BCUT2D eigenvalue weighted by Crippen LogP contribution is -2.06. The molecule has 0 aliphatic heterocycles. The highest BCUT2D eigenvalue weighted by Crippen LogP contribution is 2.19. The van der Waals surface area contributed by atoms with Gasteiger partial charge in [0.1, 0.15) is 23.8 Å². The number of ether oxygens (including phenoxy) is 2. The highest BCUT2D eigenvalue weighted by Gasteiger charge is 2.11. The summed E-state index contributed by atoms with van der Waals surface area (Å²) in [7, 11) is 1.57. The standard InChI is InChI=1S/C14H15NO4/c1-9-4-5-11(7-13(9)17-3)14(16)18-8-12-6-10(2)19-15-12/h4-7H,8H2,1-3H3. The van der Waals surface area contributed by atoms with E-state index in [0.717, 1.165) is 5.56 Å². The van der Waals surface area contributed by atoms with E-state index in [0.29, 0.717) is 22.8 Å². The third-order valence-corrected chi connectivity index (χ3v) is 2.67. The van der Waals surface area contributed by atoms with Gasteiger partial charge in [-0.15, -0.1) is 0 Å². The van der Waals surface area contributed by atoms with E-state index in [2.05, 4.69) is 5.16 Å². The van der Waals surface area contributed by atoms with Crippen LogP contribution in [-0.4, -0.2) is 18.2 Å². The van der Waals surface area contributed by atoms with Crippen molar-refractivity contribution in [2.24, 2.45) is 0 Å². The Bertz CT molecular complexity index is 589. The lowest BCUT2D eigenvalue weighted by Gasteiger charge is -2.07. The SMILES string of the molecule is COc1cc(C(=O)OCc2cc(C)on2)ccc1C. The van der Waals surface area contributed by atoms with Gasteiger partial charge in [0, 0.05) is 6.07 Å². The van der Waals surface area contributed by atoms with Crippen molar-refractivity contribution in [3.8, 4) is 5.75 Å². The van der Waals surface area contributed by atoms with Crippen molar-refractivity contribution >= 4 is 5.97 Å². The van der Waals surface area contributed by atoms with E-state index in [4.69, 9.17) is 14.0 Å². The van der Waals surface area contributed by atoms with Crippen molar-refractivity contribution in [1.29, 1.82) is 0 Å². The molecular formula is C14H15NO4. The Balaban J connectivity index is 2.03. The quantitative estimate of drug-likeness (QED) is 0.792. The van der Waals surface area contributed by atoms with Crippen molar-refractivity contribution in [2.45, 2.75) is 20.5 Å². The molecule has 1 heterocycles. The number of methoxy groups -OCH3 is 1. The van der Waals surface area contributed by atoms with E-state index in [1.54, 1.807) is 32.2 Å². The summed E-state index contributed by atoms with van der Waals surface area (Å²) < 4.78 is 15.2. The first-order chi connectivity index (χ1) is 9.10. The van der Waals surface area contributed by atoms with Gasteiger partial charge in [0.15, 0.2) is 0 Å². The van der Waals surface area contributed by atoms with Gasteiger partial charge in [-0.1, -0.05) is 11.2 Å². The third kappa shape index (κ3) is 3.13. The minimum Gasteiger partial charge on any atom is -0.496 e. The normalized spacial score (nSPS) is 10.3. The summed E-state index contributed by atoms with van der Waals surface area (Å²) in [5, 5.41) is 3.75. The second-order valence-electron chi connectivity index (χ2n) is 4.19. The van der Waals surface area contributed by atoms with Gasteiger partial charge in [0.25, 0.3) is 0 Å². The van der Waals surface area contributed by atoms with Gasteiger partial charge in [-0.3, -0.25) is 0 Å². The van der Waals surface area contributed by atoms with Crippen molar-refractivity contribution in [3.05, 3.63) is 46.8 Å². The summed E-state index contributed by atoms with van der Waals surface area (Å²) in [6, 6.07) is 6.90. The second-order valence-corrected chi connectivity index (χ2v) is 4.19. The van der Waals surface area contributed by atoms with Crippen LogP contribution in [0.3, 0.4) is 0 Å². The molecule has 0 bridgehead atoms. The van der Waals surface area contributed by atoms with E-state index < -0.39 is 5.97 Å². The number of benzene rings is 1. The van der Waals surface area contributed by atoms with Crippen LogP contribution in [0.4, 0.5) is 0 Å². The van der Waals surface area contributed by atoms with E-state index in [1.807, 2.05) is 13.0 Å². The average molecular weight is 261 g/mol. The molecule has 0 saturated heterocycles. The molecule has 0 spiro atoms. The highest BCUT2D eigenvalue weighted by molar-refractivity contribution is 5.90. The van der Waals surface area contributed by atoms with Gasteiger partial charge in [-0.2, -0.15) is 0 Å². The number of aromatic nitrogens is 1. The lowest BCUT2D eigenvalue weighted by molar-refractivity contribution is 0.0464. The van der Waals surface area contributed by atoms with Gasteiger partial charge >= 0.3 is 5.97 Å². The molecule has 2 aromatic rings. The smallest absolute Gasteiger partial charge is 0.338 e. The van der Waals surface area contributed by atoms with Crippen molar-refractivity contribution in [1.82, 2.24) is 5.16 Å². The highest BCUT2D eigenvalue weighted by atomic mass is 16.5. The predicted octanol–water partition coefficient (Wildman–Crippen LogP) is 2.66. The minimum atomic E-state index is -0.418. The zero-order chi connectivity index (χ0) is 13.8. The fourth-order valence-electron chi connectivity index (χ4n) is 1.66. The predicted molar refractivity (Wildman–Crippen MR) is 68.1 cm³/mol. The fraction of sp³-hybridized carbons (Fsp3) is 0.286. The molecule has 0 aliphatic rings. The molecule has 0 atom stereocenters. The summed E-state index contributed by atoms with van der Waals surface area (Å²) >= 11 is 0. The Morgan fingerprint density at radius 1 is 1.32 bits per heavy atom. The number of rotatable bonds is 4. The molecule has 5 heteroatoms. The second kappa shape index (κ2) is 5.56. The van der Waals surface area contributed by atoms with Crippen molar-refractivity contribution in [3.63, 3.8) is 0 Å². The maximum absolute atomic E-state index is 11.9. The first-order valence-corrected chi connectivity index (χ1v) is 5.84. The fourth-order valence-corrected chi connectivity index (χ4v) is 1.66. The van der Waals surface area contributed by atoms with Gasteiger partial charge in [0.2, 0.25) is 0 Å². The molecule has 19 heavy (non-hydrogen) atoms. The molecule has 0 radical (unpaired) electrons. The van der Waals surface area contributed by atoms with E-state index in [1.165, 1.54) is 0 Å². The third-order valence-electron chi connectivity index (χ3n) is 2.67. The van der Waals surface area contributed by atoms with E-state index >= 15 is 0 Å². The summed E-state index contributed by atoms with van der Waals surface area (Å²) in [5.74, 6) is 0.925. The average Bonchev–Trinajstić information content (AvgIpc) is 2.82. The Morgan fingerprint density at radius 3 is 2.74 bits per heavy atom. The maximum atomic E-state index is 11.9. The van der Waals surface area contributed by atoms with Gasteiger partial charge in [0.05, 0.1) is 12.7 Å². The van der Waals surface area contributed by atoms with Crippen LogP contribution in [0.1, 0.15) is 27.4 Å². The molecule has 0 amide bonds. The Labute approximate surface area is 111 Å². The zero-order valence-corrected chi connectivity index (χ0v) is 11.1. The number of carbonyl (C=O) groups excluding carboxylic acids is 1. The molecule has 0 fully saturated rings. The molecule has 0 saturated carbocycles. The van der Waals surface area contributed by atoms with Crippen LogP contribution in [0.5, 0.6) is 5.75 Å². The van der Waals surface area contributed by atoms with Gasteiger partial charge in [-0.05, 0) is 31.5 Å². The number of nitrogens with zero attached hydrogens (tertiary/aromatic N) is 1. The molecule has 1 aromatic carbocycles. The summed E-state index contributed by atoms with van der Waals surface area (Å²) in [6.07, 6.45) is 0. The Kier molecular flexibility index (Phi) is 3.85.